The first-order valence-corrected chi connectivity index (χ1v) is 10.8. The van der Waals surface area contributed by atoms with Crippen molar-refractivity contribution in [3.8, 4) is 5.75 Å². The Hall–Kier alpha value is -1.51. The molecule has 26 heavy (non-hydrogen) atoms. The molecule has 0 saturated carbocycles. The van der Waals surface area contributed by atoms with Crippen molar-refractivity contribution < 1.29 is 17.9 Å². The van der Waals surface area contributed by atoms with Crippen molar-refractivity contribution >= 4 is 33.2 Å². The molecule has 0 radical (unpaired) electrons. The molecule has 0 aromatic heterocycles. The summed E-state index contributed by atoms with van der Waals surface area (Å²) in [6.07, 6.45) is 1.08. The summed E-state index contributed by atoms with van der Waals surface area (Å²) >= 11 is 6.06. The summed E-state index contributed by atoms with van der Waals surface area (Å²) in [6, 6.07) is 3.80. The Kier molecular flexibility index (Phi) is 6.76. The van der Waals surface area contributed by atoms with Gasteiger partial charge in [-0.1, -0.05) is 18.5 Å². The molecule has 2 rings (SSSR count). The van der Waals surface area contributed by atoms with Gasteiger partial charge in [0.05, 0.1) is 19.1 Å². The highest BCUT2D eigenvalue weighted by Crippen LogP contribution is 2.34. The number of hydrogen-bond donors (Lipinski definition) is 0. The fourth-order valence-electron chi connectivity index (χ4n) is 3.16. The number of ether oxygens (including phenoxy) is 1. The molecule has 1 amide bonds. The van der Waals surface area contributed by atoms with Crippen molar-refractivity contribution in [3.05, 3.63) is 23.2 Å². The number of likely N-dealkylation sites (N-methyl/N-ethyl adjacent to an activating group) is 1. The molecule has 9 heteroatoms. The van der Waals surface area contributed by atoms with E-state index in [0.29, 0.717) is 23.9 Å². The number of benzene rings is 1. The largest absolute Gasteiger partial charge is 0.495 e. The summed E-state index contributed by atoms with van der Waals surface area (Å²) in [4.78, 5) is 16.9. The lowest BCUT2D eigenvalue weighted by Crippen LogP contribution is -2.55. The van der Waals surface area contributed by atoms with Gasteiger partial charge in [-0.05, 0) is 31.7 Å². The predicted molar refractivity (Wildman–Crippen MR) is 103 cm³/mol. The van der Waals surface area contributed by atoms with E-state index in [2.05, 4.69) is 11.8 Å². The van der Waals surface area contributed by atoms with Gasteiger partial charge < -0.3 is 14.5 Å². The van der Waals surface area contributed by atoms with Gasteiger partial charge in [-0.2, -0.15) is 0 Å². The minimum absolute atomic E-state index is 0.229. The molecule has 0 aliphatic carbocycles. The first-order chi connectivity index (χ1) is 12.2. The van der Waals surface area contributed by atoms with Crippen LogP contribution in [0.1, 0.15) is 13.8 Å². The molecule has 0 spiro atoms. The minimum Gasteiger partial charge on any atom is -0.495 e. The lowest BCUT2D eigenvalue weighted by molar-refractivity contribution is -0.133. The zero-order valence-electron chi connectivity index (χ0n) is 15.6. The van der Waals surface area contributed by atoms with Crippen LogP contribution in [0.2, 0.25) is 5.02 Å². The fraction of sp³-hybridized carbons (Fsp3) is 0.588. The summed E-state index contributed by atoms with van der Waals surface area (Å²) in [5, 5.41) is 0.366. The van der Waals surface area contributed by atoms with E-state index in [1.54, 1.807) is 24.0 Å². The van der Waals surface area contributed by atoms with E-state index in [4.69, 9.17) is 16.3 Å². The summed E-state index contributed by atoms with van der Waals surface area (Å²) < 4.78 is 31.3. The topological polar surface area (TPSA) is 70.2 Å². The van der Waals surface area contributed by atoms with Gasteiger partial charge in [-0.3, -0.25) is 9.10 Å². The average molecular weight is 404 g/mol. The van der Waals surface area contributed by atoms with E-state index in [1.807, 2.05) is 0 Å². The van der Waals surface area contributed by atoms with Crippen molar-refractivity contribution in [2.24, 2.45) is 0 Å². The van der Waals surface area contributed by atoms with Crippen molar-refractivity contribution in [1.29, 1.82) is 0 Å². The molecule has 1 atom stereocenters. The third-order valence-corrected chi connectivity index (χ3v) is 6.04. The third-order valence-electron chi connectivity index (χ3n) is 4.58. The van der Waals surface area contributed by atoms with Gasteiger partial charge in [0.1, 0.15) is 11.8 Å². The lowest BCUT2D eigenvalue weighted by Gasteiger charge is -2.38. The number of carbonyl (C=O) groups excluding carboxylic acids is 1. The molecule has 1 aliphatic rings. The second-order valence-corrected chi connectivity index (χ2v) is 8.61. The number of amides is 1. The molecule has 1 aromatic rings. The SMILES string of the molecule is CCN1CCN(C(=O)[C@H](C)N(c2cc(Cl)ccc2OC)S(C)(=O)=O)CC1. The fourth-order valence-corrected chi connectivity index (χ4v) is 4.49. The first kappa shape index (κ1) is 20.8. The van der Waals surface area contributed by atoms with Crippen LogP contribution >= 0.6 is 11.6 Å². The maximum atomic E-state index is 13.0. The van der Waals surface area contributed by atoms with Crippen LogP contribution in [-0.2, 0) is 14.8 Å². The molecular formula is C17H26ClN3O4S. The maximum Gasteiger partial charge on any atom is 0.246 e. The molecule has 146 valence electrons. The normalized spacial score (nSPS) is 17.0. The van der Waals surface area contributed by atoms with Gasteiger partial charge in [0, 0.05) is 31.2 Å². The molecule has 0 N–H and O–H groups in total. The number of hydrogen-bond acceptors (Lipinski definition) is 5. The van der Waals surface area contributed by atoms with Crippen LogP contribution < -0.4 is 9.04 Å². The molecule has 1 saturated heterocycles. The molecular weight excluding hydrogens is 378 g/mol. The summed E-state index contributed by atoms with van der Waals surface area (Å²) in [5.41, 5.74) is 0.260. The van der Waals surface area contributed by atoms with Crippen molar-refractivity contribution in [3.63, 3.8) is 0 Å². The van der Waals surface area contributed by atoms with Crippen LogP contribution in [0.3, 0.4) is 0 Å². The lowest BCUT2D eigenvalue weighted by atomic mass is 10.2. The predicted octanol–water partition coefficient (Wildman–Crippen LogP) is 1.67. The van der Waals surface area contributed by atoms with Crippen LogP contribution in [0, 0.1) is 0 Å². The smallest absolute Gasteiger partial charge is 0.246 e. The Balaban J connectivity index is 2.33. The Morgan fingerprint density at radius 3 is 2.42 bits per heavy atom. The van der Waals surface area contributed by atoms with Crippen LogP contribution in [0.25, 0.3) is 0 Å². The van der Waals surface area contributed by atoms with E-state index in [-0.39, 0.29) is 11.6 Å². The van der Waals surface area contributed by atoms with Gasteiger partial charge >= 0.3 is 0 Å². The van der Waals surface area contributed by atoms with Crippen LogP contribution in [0.15, 0.2) is 18.2 Å². The molecule has 1 aromatic carbocycles. The summed E-state index contributed by atoms with van der Waals surface area (Å²) in [6.45, 7) is 7.35. The van der Waals surface area contributed by atoms with Gasteiger partial charge in [0.25, 0.3) is 0 Å². The van der Waals surface area contributed by atoms with E-state index < -0.39 is 16.1 Å². The van der Waals surface area contributed by atoms with E-state index in [0.717, 1.165) is 30.2 Å². The van der Waals surface area contributed by atoms with Gasteiger partial charge in [0.15, 0.2) is 0 Å². The Labute approximate surface area is 160 Å². The van der Waals surface area contributed by atoms with Crippen LogP contribution in [0.5, 0.6) is 5.75 Å². The zero-order valence-corrected chi connectivity index (χ0v) is 17.2. The third kappa shape index (κ3) is 4.61. The Bertz CT molecular complexity index is 748. The molecule has 0 bridgehead atoms. The van der Waals surface area contributed by atoms with E-state index >= 15 is 0 Å². The number of sulfonamides is 1. The number of halogens is 1. The highest BCUT2D eigenvalue weighted by Gasteiger charge is 2.34. The van der Waals surface area contributed by atoms with Gasteiger partial charge in [-0.15, -0.1) is 0 Å². The number of nitrogens with zero attached hydrogens (tertiary/aromatic N) is 3. The van der Waals surface area contributed by atoms with E-state index in [9.17, 15) is 13.2 Å². The second kappa shape index (κ2) is 8.45. The van der Waals surface area contributed by atoms with Crippen molar-refractivity contribution in [2.45, 2.75) is 19.9 Å². The molecule has 1 fully saturated rings. The molecule has 1 heterocycles. The number of carbonyl (C=O) groups is 1. The highest BCUT2D eigenvalue weighted by molar-refractivity contribution is 7.92. The number of anilines is 1. The van der Waals surface area contributed by atoms with Gasteiger partial charge in [0.2, 0.25) is 15.9 Å². The van der Waals surface area contributed by atoms with Crippen LogP contribution in [0.4, 0.5) is 5.69 Å². The van der Waals surface area contributed by atoms with Crippen molar-refractivity contribution in [1.82, 2.24) is 9.80 Å². The number of methoxy groups -OCH3 is 1. The van der Waals surface area contributed by atoms with Gasteiger partial charge in [-0.25, -0.2) is 8.42 Å². The molecule has 1 aliphatic heterocycles. The number of piperazine rings is 1. The number of rotatable bonds is 6. The zero-order chi connectivity index (χ0) is 19.5. The standard InChI is InChI=1S/C17H26ClN3O4S/c1-5-19-8-10-20(11-9-19)17(22)13(2)21(26(4,23)24)15-12-14(18)6-7-16(15)25-3/h6-7,12-13H,5,8-11H2,1-4H3/t13-/m0/s1. The second-order valence-electron chi connectivity index (χ2n) is 6.31. The summed E-state index contributed by atoms with van der Waals surface area (Å²) in [7, 11) is -2.28. The maximum absolute atomic E-state index is 13.0. The monoisotopic (exact) mass is 403 g/mol. The first-order valence-electron chi connectivity index (χ1n) is 8.53. The Morgan fingerprint density at radius 2 is 1.92 bits per heavy atom. The molecule has 7 nitrogen and oxygen atoms in total. The Morgan fingerprint density at radius 1 is 1.31 bits per heavy atom. The summed E-state index contributed by atoms with van der Waals surface area (Å²) in [5.74, 6) is 0.114. The van der Waals surface area contributed by atoms with Crippen LogP contribution in [-0.4, -0.2) is 76.3 Å². The highest BCUT2D eigenvalue weighted by atomic mass is 35.5. The minimum atomic E-state index is -3.73. The average Bonchev–Trinajstić information content (AvgIpc) is 2.60. The van der Waals surface area contributed by atoms with E-state index in [1.165, 1.54) is 13.2 Å². The van der Waals surface area contributed by atoms with Crippen molar-refractivity contribution in [2.75, 3.05) is 50.4 Å². The quantitative estimate of drug-likeness (QED) is 0.722. The molecule has 0 unspecified atom stereocenters.